The van der Waals surface area contributed by atoms with Crippen molar-refractivity contribution in [3.8, 4) is 0 Å². The molecule has 0 fully saturated rings. The summed E-state index contributed by atoms with van der Waals surface area (Å²) in [5.74, 6) is 0. The number of benzene rings is 2. The van der Waals surface area contributed by atoms with Crippen molar-refractivity contribution in [2.45, 2.75) is 0 Å². The summed E-state index contributed by atoms with van der Waals surface area (Å²) in [4.78, 5) is 28.0. The van der Waals surface area contributed by atoms with Gasteiger partial charge in [0.2, 0.25) is 0 Å². The molecule has 0 aliphatic rings. The zero-order valence-electron chi connectivity index (χ0n) is 11.7. The van der Waals surface area contributed by atoms with E-state index in [-0.39, 0.29) is 11.2 Å². The van der Waals surface area contributed by atoms with Crippen LogP contribution >= 0.6 is 11.3 Å². The molecule has 23 heavy (non-hydrogen) atoms. The molecule has 0 saturated carbocycles. The highest BCUT2D eigenvalue weighted by atomic mass is 32.1. The van der Waals surface area contributed by atoms with Gasteiger partial charge in [0.1, 0.15) is 0 Å². The molecule has 0 atom stereocenters. The summed E-state index contributed by atoms with van der Waals surface area (Å²) in [6, 6.07) is 13.6. The van der Waals surface area contributed by atoms with Gasteiger partial charge in [-0.2, -0.15) is 0 Å². The Morgan fingerprint density at radius 1 is 1.17 bits per heavy atom. The van der Waals surface area contributed by atoms with Crippen LogP contribution < -0.4 is 10.1 Å². The molecule has 2 aromatic carbocycles. The predicted molar refractivity (Wildman–Crippen MR) is 88.7 cm³/mol. The standard InChI is InChI=1S/C16H9N3O3S/c20-15-14(9-10-4-3-5-11(8-10)19(21)22)23-16-17-12-6-1-2-7-13(12)18(15)16/h1-9H/b14-9-. The number of non-ortho nitro benzene ring substituents is 1. The zero-order valence-corrected chi connectivity index (χ0v) is 12.5. The average molecular weight is 323 g/mol. The van der Waals surface area contributed by atoms with Crippen LogP contribution in [0.4, 0.5) is 5.69 Å². The second-order valence-corrected chi connectivity index (χ2v) is 6.00. The van der Waals surface area contributed by atoms with Crippen LogP contribution in [0.3, 0.4) is 0 Å². The Morgan fingerprint density at radius 2 is 2.00 bits per heavy atom. The Balaban J connectivity index is 1.96. The number of hydrogen-bond acceptors (Lipinski definition) is 5. The molecule has 0 N–H and O–H groups in total. The van der Waals surface area contributed by atoms with Crippen molar-refractivity contribution < 1.29 is 4.92 Å². The number of imidazole rings is 1. The summed E-state index contributed by atoms with van der Waals surface area (Å²) in [6.07, 6.45) is 1.66. The number of nitro groups is 1. The van der Waals surface area contributed by atoms with E-state index >= 15 is 0 Å². The molecule has 0 unspecified atom stereocenters. The van der Waals surface area contributed by atoms with E-state index in [0.29, 0.717) is 15.1 Å². The lowest BCUT2D eigenvalue weighted by molar-refractivity contribution is -0.384. The number of hydrogen-bond donors (Lipinski definition) is 0. The molecule has 6 nitrogen and oxygen atoms in total. The molecule has 2 heterocycles. The molecular weight excluding hydrogens is 314 g/mol. The molecule has 7 heteroatoms. The van der Waals surface area contributed by atoms with Crippen LogP contribution in [0.2, 0.25) is 0 Å². The van der Waals surface area contributed by atoms with Crippen molar-refractivity contribution in [2.75, 3.05) is 0 Å². The van der Waals surface area contributed by atoms with Crippen molar-refractivity contribution in [1.29, 1.82) is 0 Å². The van der Waals surface area contributed by atoms with E-state index in [1.54, 1.807) is 22.6 Å². The van der Waals surface area contributed by atoms with E-state index < -0.39 is 4.92 Å². The van der Waals surface area contributed by atoms with Crippen LogP contribution in [0, 0.1) is 10.1 Å². The molecule has 112 valence electrons. The molecule has 0 radical (unpaired) electrons. The van der Waals surface area contributed by atoms with E-state index in [0.717, 1.165) is 11.0 Å². The van der Waals surface area contributed by atoms with Gasteiger partial charge >= 0.3 is 0 Å². The van der Waals surface area contributed by atoms with E-state index in [4.69, 9.17) is 0 Å². The van der Waals surface area contributed by atoms with Crippen molar-refractivity contribution in [2.24, 2.45) is 0 Å². The van der Waals surface area contributed by atoms with Gasteiger partial charge in [0.25, 0.3) is 11.2 Å². The van der Waals surface area contributed by atoms with Gasteiger partial charge in [0, 0.05) is 12.1 Å². The smallest absolute Gasteiger partial charge is 0.267 e. The van der Waals surface area contributed by atoms with Gasteiger partial charge in [0.15, 0.2) is 4.96 Å². The first-order valence-corrected chi connectivity index (χ1v) is 7.61. The van der Waals surface area contributed by atoms with Gasteiger partial charge < -0.3 is 0 Å². The normalized spacial score (nSPS) is 12.3. The number of fused-ring (bicyclic) bond motifs is 3. The molecular formula is C16H9N3O3S. The van der Waals surface area contributed by atoms with Crippen molar-refractivity contribution in [3.63, 3.8) is 0 Å². The number of para-hydroxylation sites is 2. The van der Waals surface area contributed by atoms with Crippen molar-refractivity contribution >= 4 is 39.1 Å². The summed E-state index contributed by atoms with van der Waals surface area (Å²) in [5.41, 5.74) is 1.99. The highest BCUT2D eigenvalue weighted by Crippen LogP contribution is 2.16. The third-order valence-corrected chi connectivity index (χ3v) is 4.49. The fourth-order valence-electron chi connectivity index (χ4n) is 2.49. The molecule has 0 aliphatic carbocycles. The van der Waals surface area contributed by atoms with E-state index in [1.165, 1.54) is 23.5 Å². The summed E-state index contributed by atoms with van der Waals surface area (Å²) >= 11 is 1.27. The Morgan fingerprint density at radius 3 is 2.83 bits per heavy atom. The van der Waals surface area contributed by atoms with Gasteiger partial charge in [-0.15, -0.1) is 0 Å². The lowest BCUT2D eigenvalue weighted by Crippen LogP contribution is -2.22. The number of nitro benzene ring substituents is 1. The van der Waals surface area contributed by atoms with Crippen molar-refractivity contribution in [1.82, 2.24) is 9.38 Å². The number of rotatable bonds is 2. The Kier molecular flexibility index (Phi) is 2.95. The first-order chi connectivity index (χ1) is 11.1. The Hall–Kier alpha value is -3.06. The molecule has 0 amide bonds. The van der Waals surface area contributed by atoms with Gasteiger partial charge in [-0.1, -0.05) is 35.6 Å². The monoisotopic (exact) mass is 323 g/mol. The highest BCUT2D eigenvalue weighted by molar-refractivity contribution is 7.15. The molecule has 0 saturated heterocycles. The lowest BCUT2D eigenvalue weighted by Gasteiger charge is -1.92. The maximum atomic E-state index is 12.6. The molecule has 4 rings (SSSR count). The van der Waals surface area contributed by atoms with Crippen LogP contribution in [0.1, 0.15) is 5.56 Å². The Labute approximate surface area is 133 Å². The number of thiazole rings is 1. The minimum absolute atomic E-state index is 0.00187. The third kappa shape index (κ3) is 2.18. The van der Waals surface area contributed by atoms with E-state index in [1.807, 2.05) is 24.3 Å². The second kappa shape index (κ2) is 4.99. The average Bonchev–Trinajstić information content (AvgIpc) is 3.05. The molecule has 4 aromatic rings. The summed E-state index contributed by atoms with van der Waals surface area (Å²) in [6.45, 7) is 0. The summed E-state index contributed by atoms with van der Waals surface area (Å²) in [5, 5.41) is 10.8. The molecule has 0 spiro atoms. The summed E-state index contributed by atoms with van der Waals surface area (Å²) < 4.78 is 2.07. The zero-order chi connectivity index (χ0) is 16.0. The van der Waals surface area contributed by atoms with E-state index in [2.05, 4.69) is 4.98 Å². The first-order valence-electron chi connectivity index (χ1n) is 6.80. The third-order valence-electron chi connectivity index (χ3n) is 3.52. The Bertz CT molecular complexity index is 1180. The van der Waals surface area contributed by atoms with Crippen LogP contribution in [-0.4, -0.2) is 14.3 Å². The maximum absolute atomic E-state index is 12.6. The number of nitrogens with zero attached hydrogens (tertiary/aromatic N) is 3. The van der Waals surface area contributed by atoms with Gasteiger partial charge in [-0.05, 0) is 23.8 Å². The van der Waals surface area contributed by atoms with E-state index in [9.17, 15) is 14.9 Å². The van der Waals surface area contributed by atoms with Crippen molar-refractivity contribution in [3.05, 3.63) is 79.1 Å². The predicted octanol–water partition coefficient (Wildman–Crippen LogP) is 2.37. The maximum Gasteiger partial charge on any atom is 0.274 e. The molecule has 0 bridgehead atoms. The topological polar surface area (TPSA) is 77.5 Å². The minimum atomic E-state index is -0.454. The van der Waals surface area contributed by atoms with Gasteiger partial charge in [-0.3, -0.25) is 14.9 Å². The quantitative estimate of drug-likeness (QED) is 0.419. The SMILES string of the molecule is O=c1/c(=C/c2cccc([N+](=O)[O-])c2)sc2nc3ccccc3n12. The fourth-order valence-corrected chi connectivity index (χ4v) is 3.48. The number of aromatic nitrogens is 2. The van der Waals surface area contributed by atoms with Crippen LogP contribution in [0.15, 0.2) is 53.3 Å². The fraction of sp³-hybridized carbons (Fsp3) is 0. The van der Waals surface area contributed by atoms with Gasteiger partial charge in [-0.25, -0.2) is 9.38 Å². The van der Waals surface area contributed by atoms with Crippen LogP contribution in [0.5, 0.6) is 0 Å². The molecule has 0 aliphatic heterocycles. The minimum Gasteiger partial charge on any atom is -0.267 e. The lowest BCUT2D eigenvalue weighted by atomic mass is 10.2. The van der Waals surface area contributed by atoms with Crippen LogP contribution in [-0.2, 0) is 0 Å². The highest BCUT2D eigenvalue weighted by Gasteiger charge is 2.11. The van der Waals surface area contributed by atoms with Gasteiger partial charge in [0.05, 0.1) is 20.5 Å². The summed E-state index contributed by atoms with van der Waals surface area (Å²) in [7, 11) is 0. The molecule has 2 aromatic heterocycles. The first kappa shape index (κ1) is 13.6. The van der Waals surface area contributed by atoms with Crippen LogP contribution in [0.25, 0.3) is 22.1 Å². The second-order valence-electron chi connectivity index (χ2n) is 4.99. The largest absolute Gasteiger partial charge is 0.274 e.